The minimum absolute atomic E-state index is 0.0741. The topological polar surface area (TPSA) is 69.8 Å². The van der Waals surface area contributed by atoms with Crippen LogP contribution in [-0.2, 0) is 0 Å². The average Bonchev–Trinajstić information content (AvgIpc) is 2.72. The van der Waals surface area contributed by atoms with Crippen molar-refractivity contribution in [2.75, 3.05) is 11.9 Å². The minimum Gasteiger partial charge on any atom is -0.345 e. The predicted octanol–water partition coefficient (Wildman–Crippen LogP) is 2.73. The standard InChI is InChI=1S/C13H18N4O/c1-13(2,3)7-14-12(18)17-9-4-5-10-11(6-9)16-8-15-10/h4-6,8H,7H2,1-3H3,(H,15,16)(H2,14,17,18). The maximum atomic E-state index is 11.7. The molecule has 3 N–H and O–H groups in total. The smallest absolute Gasteiger partial charge is 0.319 e. The molecule has 0 fully saturated rings. The maximum absolute atomic E-state index is 11.7. The number of carbonyl (C=O) groups excluding carboxylic acids is 1. The summed E-state index contributed by atoms with van der Waals surface area (Å²) in [6, 6.07) is 5.37. The highest BCUT2D eigenvalue weighted by Crippen LogP contribution is 2.15. The van der Waals surface area contributed by atoms with Crippen LogP contribution in [0, 0.1) is 5.41 Å². The van der Waals surface area contributed by atoms with Crippen molar-refractivity contribution < 1.29 is 4.79 Å². The van der Waals surface area contributed by atoms with Crippen LogP contribution in [0.2, 0.25) is 0 Å². The van der Waals surface area contributed by atoms with E-state index < -0.39 is 0 Å². The second-order valence-corrected chi connectivity index (χ2v) is 5.50. The highest BCUT2D eigenvalue weighted by Gasteiger charge is 2.11. The number of rotatable bonds is 2. The van der Waals surface area contributed by atoms with Crippen LogP contribution in [0.25, 0.3) is 11.0 Å². The summed E-state index contributed by atoms with van der Waals surface area (Å²) in [6.45, 7) is 6.85. The molecule has 0 saturated heterocycles. The average molecular weight is 246 g/mol. The Morgan fingerprint density at radius 1 is 1.39 bits per heavy atom. The highest BCUT2D eigenvalue weighted by atomic mass is 16.2. The van der Waals surface area contributed by atoms with Crippen LogP contribution in [0.3, 0.4) is 0 Å². The first-order valence-electron chi connectivity index (χ1n) is 5.92. The maximum Gasteiger partial charge on any atom is 0.319 e. The monoisotopic (exact) mass is 246 g/mol. The third kappa shape index (κ3) is 3.23. The number of amides is 2. The summed E-state index contributed by atoms with van der Waals surface area (Å²) < 4.78 is 0. The van der Waals surface area contributed by atoms with E-state index in [4.69, 9.17) is 0 Å². The molecule has 0 unspecified atom stereocenters. The van der Waals surface area contributed by atoms with Crippen LogP contribution in [0.5, 0.6) is 0 Å². The van der Waals surface area contributed by atoms with Gasteiger partial charge >= 0.3 is 6.03 Å². The van der Waals surface area contributed by atoms with Gasteiger partial charge in [0.1, 0.15) is 0 Å². The zero-order valence-corrected chi connectivity index (χ0v) is 10.9. The number of nitrogens with one attached hydrogen (secondary N) is 3. The van der Waals surface area contributed by atoms with Gasteiger partial charge in [-0.25, -0.2) is 9.78 Å². The zero-order valence-electron chi connectivity index (χ0n) is 10.9. The SMILES string of the molecule is CC(C)(C)CNC(=O)Nc1ccc2nc[nH]c2c1. The van der Waals surface area contributed by atoms with Gasteiger partial charge in [-0.15, -0.1) is 0 Å². The number of benzene rings is 1. The molecular formula is C13H18N4O. The van der Waals surface area contributed by atoms with Crippen LogP contribution in [0.1, 0.15) is 20.8 Å². The molecule has 0 bridgehead atoms. The van der Waals surface area contributed by atoms with Gasteiger partial charge in [0.05, 0.1) is 17.4 Å². The Hall–Kier alpha value is -2.04. The van der Waals surface area contributed by atoms with Crippen molar-refractivity contribution in [2.24, 2.45) is 5.41 Å². The number of hydrogen-bond acceptors (Lipinski definition) is 2. The summed E-state index contributed by atoms with van der Waals surface area (Å²) in [5, 5.41) is 5.64. The normalized spacial score (nSPS) is 11.5. The number of aromatic amines is 1. The van der Waals surface area contributed by atoms with Crippen molar-refractivity contribution >= 4 is 22.8 Å². The minimum atomic E-state index is -0.191. The summed E-state index contributed by atoms with van der Waals surface area (Å²) in [7, 11) is 0. The Labute approximate surface area is 106 Å². The number of anilines is 1. The third-order valence-corrected chi connectivity index (χ3v) is 2.46. The third-order valence-electron chi connectivity index (χ3n) is 2.46. The van der Waals surface area contributed by atoms with E-state index in [-0.39, 0.29) is 11.4 Å². The molecule has 1 heterocycles. The summed E-state index contributed by atoms with van der Waals surface area (Å²) in [4.78, 5) is 18.8. The van der Waals surface area contributed by atoms with Gasteiger partial charge in [-0.1, -0.05) is 20.8 Å². The summed E-state index contributed by atoms with van der Waals surface area (Å²) in [6.07, 6.45) is 1.63. The molecule has 0 radical (unpaired) electrons. The number of urea groups is 1. The Bertz CT molecular complexity index is 553. The molecular weight excluding hydrogens is 228 g/mol. The molecule has 0 atom stereocenters. The molecule has 1 aromatic heterocycles. The lowest BCUT2D eigenvalue weighted by atomic mass is 9.97. The predicted molar refractivity (Wildman–Crippen MR) is 72.6 cm³/mol. The summed E-state index contributed by atoms with van der Waals surface area (Å²) >= 11 is 0. The first kappa shape index (κ1) is 12.4. The fourth-order valence-electron chi connectivity index (χ4n) is 1.53. The van der Waals surface area contributed by atoms with Gasteiger partial charge in [0, 0.05) is 12.2 Å². The molecule has 5 heteroatoms. The van der Waals surface area contributed by atoms with Crippen LogP contribution >= 0.6 is 0 Å². The number of nitrogens with zero attached hydrogens (tertiary/aromatic N) is 1. The van der Waals surface area contributed by atoms with E-state index in [2.05, 4.69) is 41.4 Å². The largest absolute Gasteiger partial charge is 0.345 e. The number of hydrogen-bond donors (Lipinski definition) is 3. The van der Waals surface area contributed by atoms with Gasteiger partial charge in [-0.2, -0.15) is 0 Å². The zero-order chi connectivity index (χ0) is 13.2. The van der Waals surface area contributed by atoms with Crippen molar-refractivity contribution in [3.8, 4) is 0 Å². The number of aromatic nitrogens is 2. The van der Waals surface area contributed by atoms with Gasteiger partial charge in [0.25, 0.3) is 0 Å². The van der Waals surface area contributed by atoms with E-state index in [0.717, 1.165) is 16.7 Å². The van der Waals surface area contributed by atoms with E-state index in [1.165, 1.54) is 0 Å². The van der Waals surface area contributed by atoms with Crippen LogP contribution in [0.15, 0.2) is 24.5 Å². The van der Waals surface area contributed by atoms with E-state index >= 15 is 0 Å². The first-order valence-corrected chi connectivity index (χ1v) is 5.92. The Kier molecular flexibility index (Phi) is 3.23. The lowest BCUT2D eigenvalue weighted by molar-refractivity contribution is 0.247. The van der Waals surface area contributed by atoms with E-state index in [9.17, 15) is 4.79 Å². The van der Waals surface area contributed by atoms with Crippen molar-refractivity contribution in [3.63, 3.8) is 0 Å². The van der Waals surface area contributed by atoms with Gasteiger partial charge in [-0.05, 0) is 23.6 Å². The molecule has 0 aliphatic carbocycles. The molecule has 18 heavy (non-hydrogen) atoms. The van der Waals surface area contributed by atoms with Crippen LogP contribution in [-0.4, -0.2) is 22.5 Å². The quantitative estimate of drug-likeness (QED) is 0.762. The fourth-order valence-corrected chi connectivity index (χ4v) is 1.53. The molecule has 2 aromatic rings. The number of fused-ring (bicyclic) bond motifs is 1. The van der Waals surface area contributed by atoms with E-state index in [1.54, 1.807) is 6.33 Å². The van der Waals surface area contributed by atoms with Crippen molar-refractivity contribution in [1.29, 1.82) is 0 Å². The van der Waals surface area contributed by atoms with E-state index in [0.29, 0.717) is 6.54 Å². The second kappa shape index (κ2) is 4.68. The van der Waals surface area contributed by atoms with Gasteiger partial charge in [-0.3, -0.25) is 0 Å². The van der Waals surface area contributed by atoms with E-state index in [1.807, 2.05) is 18.2 Å². The molecule has 2 amide bonds. The molecule has 0 aliphatic heterocycles. The lowest BCUT2D eigenvalue weighted by Crippen LogP contribution is -2.35. The molecule has 0 aliphatic rings. The summed E-state index contributed by atoms with van der Waals surface area (Å²) in [5.41, 5.74) is 2.61. The van der Waals surface area contributed by atoms with Crippen molar-refractivity contribution in [1.82, 2.24) is 15.3 Å². The molecule has 0 saturated carbocycles. The van der Waals surface area contributed by atoms with Crippen molar-refractivity contribution in [3.05, 3.63) is 24.5 Å². The summed E-state index contributed by atoms with van der Waals surface area (Å²) in [5.74, 6) is 0. The van der Waals surface area contributed by atoms with Gasteiger partial charge in [0.15, 0.2) is 0 Å². The number of H-pyrrole nitrogens is 1. The second-order valence-electron chi connectivity index (χ2n) is 5.50. The number of carbonyl (C=O) groups is 1. The first-order chi connectivity index (χ1) is 8.44. The van der Waals surface area contributed by atoms with Gasteiger partial charge < -0.3 is 15.6 Å². The Balaban J connectivity index is 1.98. The highest BCUT2D eigenvalue weighted by molar-refractivity contribution is 5.91. The van der Waals surface area contributed by atoms with Gasteiger partial charge in [0.2, 0.25) is 0 Å². The molecule has 96 valence electrons. The fraction of sp³-hybridized carbons (Fsp3) is 0.385. The number of imidazole rings is 1. The molecule has 2 rings (SSSR count). The lowest BCUT2D eigenvalue weighted by Gasteiger charge is -2.18. The van der Waals surface area contributed by atoms with Crippen LogP contribution in [0.4, 0.5) is 10.5 Å². The molecule has 0 spiro atoms. The molecule has 1 aromatic carbocycles. The Morgan fingerprint density at radius 3 is 2.89 bits per heavy atom. The molecule has 5 nitrogen and oxygen atoms in total. The van der Waals surface area contributed by atoms with Crippen molar-refractivity contribution in [2.45, 2.75) is 20.8 Å². The Morgan fingerprint density at radius 2 is 2.17 bits per heavy atom. The van der Waals surface area contributed by atoms with Crippen LogP contribution < -0.4 is 10.6 Å².